The number of amides is 2. The van der Waals surface area contributed by atoms with E-state index in [0.29, 0.717) is 10.7 Å². The molecule has 2 aliphatic rings. The maximum atomic E-state index is 12.9. The van der Waals surface area contributed by atoms with Gasteiger partial charge in [-0.25, -0.2) is 4.79 Å². The van der Waals surface area contributed by atoms with E-state index in [1.807, 2.05) is 0 Å². The first-order chi connectivity index (χ1) is 16.3. The lowest BCUT2D eigenvalue weighted by Crippen LogP contribution is -2.57. The molecule has 0 radical (unpaired) electrons. The number of nitrogens with zero attached hydrogens (tertiary/aromatic N) is 1. The van der Waals surface area contributed by atoms with Crippen LogP contribution in [0.1, 0.15) is 44.1 Å². The van der Waals surface area contributed by atoms with E-state index < -0.39 is 11.7 Å². The molecule has 1 aliphatic heterocycles. The van der Waals surface area contributed by atoms with Gasteiger partial charge >= 0.3 is 12.2 Å². The van der Waals surface area contributed by atoms with Crippen LogP contribution in [0.15, 0.2) is 48.5 Å². The van der Waals surface area contributed by atoms with Gasteiger partial charge in [0.25, 0.3) is 0 Å². The van der Waals surface area contributed by atoms with Crippen LogP contribution in [0.4, 0.5) is 29.3 Å². The molecule has 1 heterocycles. The Morgan fingerprint density at radius 2 is 1.59 bits per heavy atom. The van der Waals surface area contributed by atoms with Crippen LogP contribution in [0.3, 0.4) is 0 Å². The summed E-state index contributed by atoms with van der Waals surface area (Å²) in [6.07, 6.45) is 1.67. The zero-order valence-corrected chi connectivity index (χ0v) is 19.6. The van der Waals surface area contributed by atoms with Crippen LogP contribution >= 0.6 is 11.6 Å². The van der Waals surface area contributed by atoms with Gasteiger partial charge < -0.3 is 20.9 Å². The number of carbonyl (C=O) groups excluding carboxylic acids is 1. The SMILES string of the molecule is O=C(Nc1ccc(Cl)cc1)NC1CCCCC1NC1CCCN(c2ccc(C(F)(F)F)cc2)C1. The standard InChI is InChI=1S/C25H30ClF3N4O/c26-18-9-11-19(12-10-18)31-24(34)32-23-6-2-1-5-22(23)30-20-4-3-15-33(16-20)21-13-7-17(8-14-21)25(27,28)29/h7-14,20,22-23,30H,1-6,15-16H2,(H2,31,32,34). The summed E-state index contributed by atoms with van der Waals surface area (Å²) in [5.74, 6) is 0. The number of hydrogen-bond acceptors (Lipinski definition) is 3. The smallest absolute Gasteiger partial charge is 0.370 e. The molecule has 0 bridgehead atoms. The van der Waals surface area contributed by atoms with Gasteiger partial charge in [0, 0.05) is 47.6 Å². The third-order valence-electron chi connectivity index (χ3n) is 6.62. The van der Waals surface area contributed by atoms with Crippen LogP contribution in [0.2, 0.25) is 5.02 Å². The molecule has 4 rings (SSSR count). The van der Waals surface area contributed by atoms with E-state index in [9.17, 15) is 18.0 Å². The Bertz CT molecular complexity index is 952. The van der Waals surface area contributed by atoms with Crippen molar-refractivity contribution in [3.8, 4) is 0 Å². The molecule has 1 saturated heterocycles. The molecule has 2 aromatic carbocycles. The number of nitrogens with one attached hydrogen (secondary N) is 3. The van der Waals surface area contributed by atoms with Crippen molar-refractivity contribution in [3.05, 3.63) is 59.1 Å². The van der Waals surface area contributed by atoms with Crippen molar-refractivity contribution in [2.45, 2.75) is 62.8 Å². The van der Waals surface area contributed by atoms with E-state index >= 15 is 0 Å². The highest BCUT2D eigenvalue weighted by Crippen LogP contribution is 2.31. The van der Waals surface area contributed by atoms with Crippen molar-refractivity contribution < 1.29 is 18.0 Å². The molecule has 2 aromatic rings. The molecule has 34 heavy (non-hydrogen) atoms. The lowest BCUT2D eigenvalue weighted by atomic mass is 9.89. The Morgan fingerprint density at radius 1 is 0.912 bits per heavy atom. The molecule has 3 N–H and O–H groups in total. The van der Waals surface area contributed by atoms with Gasteiger partial charge in [-0.2, -0.15) is 13.2 Å². The summed E-state index contributed by atoms with van der Waals surface area (Å²) in [6.45, 7) is 1.55. The summed E-state index contributed by atoms with van der Waals surface area (Å²) in [6, 6.07) is 12.5. The molecule has 3 unspecified atom stereocenters. The van der Waals surface area contributed by atoms with E-state index in [2.05, 4.69) is 20.9 Å². The summed E-state index contributed by atoms with van der Waals surface area (Å²) in [5, 5.41) is 10.3. The highest BCUT2D eigenvalue weighted by molar-refractivity contribution is 6.30. The summed E-state index contributed by atoms with van der Waals surface area (Å²) >= 11 is 5.90. The Morgan fingerprint density at radius 3 is 2.26 bits per heavy atom. The molecule has 1 saturated carbocycles. The first kappa shape index (κ1) is 24.7. The highest BCUT2D eigenvalue weighted by atomic mass is 35.5. The van der Waals surface area contributed by atoms with Crippen molar-refractivity contribution in [2.24, 2.45) is 0 Å². The number of alkyl halides is 3. The molecule has 2 amide bonds. The summed E-state index contributed by atoms with van der Waals surface area (Å²) in [5.41, 5.74) is 0.859. The average Bonchev–Trinajstić information content (AvgIpc) is 2.82. The molecule has 0 spiro atoms. The van der Waals surface area contributed by atoms with Crippen LogP contribution in [-0.2, 0) is 6.18 Å². The van der Waals surface area contributed by atoms with Crippen LogP contribution in [-0.4, -0.2) is 37.2 Å². The van der Waals surface area contributed by atoms with E-state index in [4.69, 9.17) is 11.6 Å². The van der Waals surface area contributed by atoms with Crippen molar-refractivity contribution >= 4 is 29.0 Å². The van der Waals surface area contributed by atoms with Gasteiger partial charge in [-0.3, -0.25) is 0 Å². The number of carbonyl (C=O) groups is 1. The van der Waals surface area contributed by atoms with Crippen molar-refractivity contribution in [3.63, 3.8) is 0 Å². The zero-order valence-electron chi connectivity index (χ0n) is 18.9. The van der Waals surface area contributed by atoms with Crippen molar-refractivity contribution in [2.75, 3.05) is 23.3 Å². The second kappa shape index (κ2) is 10.9. The summed E-state index contributed by atoms with van der Waals surface area (Å²) in [7, 11) is 0. The first-order valence-corrected chi connectivity index (χ1v) is 12.2. The summed E-state index contributed by atoms with van der Waals surface area (Å²) in [4.78, 5) is 14.7. The fraction of sp³-hybridized carbons (Fsp3) is 0.480. The van der Waals surface area contributed by atoms with Gasteiger partial charge in [-0.05, 0) is 74.2 Å². The van der Waals surface area contributed by atoms with Crippen LogP contribution in [0.25, 0.3) is 0 Å². The molecular formula is C25H30ClF3N4O. The Balaban J connectivity index is 1.33. The quantitative estimate of drug-likeness (QED) is 0.474. The molecule has 2 fully saturated rings. The predicted octanol–water partition coefficient (Wildman–Crippen LogP) is 6.05. The minimum absolute atomic E-state index is 0.0162. The monoisotopic (exact) mass is 494 g/mol. The number of halogens is 4. The largest absolute Gasteiger partial charge is 0.416 e. The number of rotatable bonds is 5. The minimum Gasteiger partial charge on any atom is -0.370 e. The Labute approximate surface area is 203 Å². The maximum Gasteiger partial charge on any atom is 0.416 e. The topological polar surface area (TPSA) is 56.4 Å². The van der Waals surface area contributed by atoms with Crippen molar-refractivity contribution in [1.82, 2.24) is 10.6 Å². The first-order valence-electron chi connectivity index (χ1n) is 11.8. The lowest BCUT2D eigenvalue weighted by molar-refractivity contribution is -0.137. The molecule has 5 nitrogen and oxygen atoms in total. The van der Waals surface area contributed by atoms with Gasteiger partial charge in [0.2, 0.25) is 0 Å². The van der Waals surface area contributed by atoms with Gasteiger partial charge in [0.1, 0.15) is 0 Å². The molecule has 1 aliphatic carbocycles. The van der Waals surface area contributed by atoms with E-state index in [1.165, 1.54) is 0 Å². The van der Waals surface area contributed by atoms with E-state index in [-0.39, 0.29) is 24.2 Å². The zero-order chi connectivity index (χ0) is 24.1. The van der Waals surface area contributed by atoms with Gasteiger partial charge in [0.15, 0.2) is 0 Å². The minimum atomic E-state index is -4.33. The molecule has 184 valence electrons. The van der Waals surface area contributed by atoms with Gasteiger partial charge in [-0.15, -0.1) is 0 Å². The number of anilines is 2. The van der Waals surface area contributed by atoms with Gasteiger partial charge in [-0.1, -0.05) is 24.4 Å². The van der Waals surface area contributed by atoms with Crippen molar-refractivity contribution in [1.29, 1.82) is 0 Å². The number of hydrogen-bond donors (Lipinski definition) is 3. The molecule has 3 atom stereocenters. The maximum absolute atomic E-state index is 12.9. The normalized spacial score (nSPS) is 23.4. The molecule has 0 aromatic heterocycles. The van der Waals surface area contributed by atoms with Crippen LogP contribution < -0.4 is 20.9 Å². The van der Waals surface area contributed by atoms with E-state index in [1.54, 1.807) is 36.4 Å². The highest BCUT2D eigenvalue weighted by Gasteiger charge is 2.32. The fourth-order valence-electron chi connectivity index (χ4n) is 4.88. The third kappa shape index (κ3) is 6.57. The second-order valence-electron chi connectivity index (χ2n) is 9.10. The summed E-state index contributed by atoms with van der Waals surface area (Å²) < 4.78 is 38.7. The number of urea groups is 1. The van der Waals surface area contributed by atoms with Gasteiger partial charge in [0.05, 0.1) is 5.56 Å². The third-order valence-corrected chi connectivity index (χ3v) is 6.87. The van der Waals surface area contributed by atoms with Crippen LogP contribution in [0, 0.1) is 0 Å². The number of benzene rings is 2. The fourth-order valence-corrected chi connectivity index (χ4v) is 5.01. The number of piperidine rings is 1. The predicted molar refractivity (Wildman–Crippen MR) is 129 cm³/mol. The van der Waals surface area contributed by atoms with E-state index in [0.717, 1.165) is 69.4 Å². The Hall–Kier alpha value is -2.45. The average molecular weight is 495 g/mol. The molecule has 9 heteroatoms. The Kier molecular flexibility index (Phi) is 7.88. The lowest BCUT2D eigenvalue weighted by Gasteiger charge is -2.40. The second-order valence-corrected chi connectivity index (χ2v) is 9.54. The van der Waals surface area contributed by atoms with Crippen LogP contribution in [0.5, 0.6) is 0 Å². The molecular weight excluding hydrogens is 465 g/mol.